The van der Waals surface area contributed by atoms with Crippen LogP contribution in [0.3, 0.4) is 0 Å². The van der Waals surface area contributed by atoms with Crippen molar-refractivity contribution in [2.45, 2.75) is 51.4 Å². The van der Waals surface area contributed by atoms with Crippen LogP contribution in [0.25, 0.3) is 0 Å². The van der Waals surface area contributed by atoms with Crippen LogP contribution >= 0.6 is 0 Å². The molecule has 3 heteroatoms. The summed E-state index contributed by atoms with van der Waals surface area (Å²) < 4.78 is 0. The smallest absolute Gasteiger partial charge is 0.244 e. The number of hydrogen-bond donors (Lipinski definition) is 1. The lowest BCUT2D eigenvalue weighted by Crippen LogP contribution is -2.21. The van der Waals surface area contributed by atoms with Crippen molar-refractivity contribution in [3.05, 3.63) is 71.3 Å². The lowest BCUT2D eigenvalue weighted by Gasteiger charge is -2.22. The van der Waals surface area contributed by atoms with E-state index in [1.807, 2.05) is 37.3 Å². The number of amides is 1. The van der Waals surface area contributed by atoms with E-state index in [9.17, 15) is 4.79 Å². The maximum absolute atomic E-state index is 12.0. The summed E-state index contributed by atoms with van der Waals surface area (Å²) >= 11 is 0. The predicted molar refractivity (Wildman–Crippen MR) is 103 cm³/mol. The number of carbonyl (C=O) groups excluding carboxylic acids is 1. The molecule has 3 nitrogen and oxygen atoms in total. The molecule has 25 heavy (non-hydrogen) atoms. The zero-order valence-corrected chi connectivity index (χ0v) is 14.9. The van der Waals surface area contributed by atoms with Crippen LogP contribution in [0.2, 0.25) is 0 Å². The molecule has 1 saturated carbocycles. The maximum Gasteiger partial charge on any atom is 0.244 e. The van der Waals surface area contributed by atoms with Crippen LogP contribution in [0.15, 0.2) is 59.7 Å². The van der Waals surface area contributed by atoms with Crippen molar-refractivity contribution in [2.75, 3.05) is 0 Å². The second-order valence-corrected chi connectivity index (χ2v) is 6.85. The van der Waals surface area contributed by atoms with Crippen molar-refractivity contribution in [1.29, 1.82) is 0 Å². The van der Waals surface area contributed by atoms with Gasteiger partial charge in [0.25, 0.3) is 0 Å². The lowest BCUT2D eigenvalue weighted by molar-refractivity contribution is -0.120. The third-order valence-electron chi connectivity index (χ3n) is 4.96. The van der Waals surface area contributed by atoms with Gasteiger partial charge in [-0.2, -0.15) is 5.10 Å². The van der Waals surface area contributed by atoms with Gasteiger partial charge in [0.05, 0.1) is 12.1 Å². The molecule has 2 aromatic carbocycles. The van der Waals surface area contributed by atoms with E-state index in [1.54, 1.807) is 0 Å². The third kappa shape index (κ3) is 5.02. The summed E-state index contributed by atoms with van der Waals surface area (Å²) in [5.74, 6) is 0.620. The van der Waals surface area contributed by atoms with Crippen LogP contribution in [0.1, 0.15) is 61.6 Å². The number of nitrogens with zero attached hydrogens (tertiary/aromatic N) is 1. The van der Waals surface area contributed by atoms with Gasteiger partial charge in [0.1, 0.15) is 0 Å². The van der Waals surface area contributed by atoms with E-state index in [0.717, 1.165) is 16.8 Å². The van der Waals surface area contributed by atoms with E-state index >= 15 is 0 Å². The molecule has 0 saturated heterocycles. The minimum atomic E-state index is -0.0932. The highest BCUT2D eigenvalue weighted by molar-refractivity contribution is 5.99. The molecule has 0 aliphatic heterocycles. The van der Waals surface area contributed by atoms with Gasteiger partial charge in [0.15, 0.2) is 0 Å². The zero-order valence-electron chi connectivity index (χ0n) is 14.9. The molecule has 0 unspecified atom stereocenters. The second-order valence-electron chi connectivity index (χ2n) is 6.85. The molecule has 0 bridgehead atoms. The van der Waals surface area contributed by atoms with Gasteiger partial charge in [0, 0.05) is 0 Å². The van der Waals surface area contributed by atoms with Gasteiger partial charge < -0.3 is 0 Å². The Hall–Kier alpha value is -2.42. The summed E-state index contributed by atoms with van der Waals surface area (Å²) in [6, 6.07) is 18.4. The highest BCUT2D eigenvalue weighted by Crippen LogP contribution is 2.32. The number of carbonyl (C=O) groups is 1. The van der Waals surface area contributed by atoms with Crippen molar-refractivity contribution in [2.24, 2.45) is 5.10 Å². The Morgan fingerprint density at radius 2 is 1.68 bits per heavy atom. The number of hydrogen-bond acceptors (Lipinski definition) is 2. The lowest BCUT2D eigenvalue weighted by atomic mass is 9.84. The molecule has 0 spiro atoms. The number of benzene rings is 2. The first-order chi connectivity index (χ1) is 12.2. The Kier molecular flexibility index (Phi) is 5.99. The monoisotopic (exact) mass is 334 g/mol. The van der Waals surface area contributed by atoms with E-state index in [4.69, 9.17) is 0 Å². The van der Waals surface area contributed by atoms with E-state index in [1.165, 1.54) is 37.7 Å². The van der Waals surface area contributed by atoms with Gasteiger partial charge in [0.2, 0.25) is 5.91 Å². The zero-order chi connectivity index (χ0) is 17.5. The third-order valence-corrected chi connectivity index (χ3v) is 4.96. The van der Waals surface area contributed by atoms with Crippen molar-refractivity contribution >= 4 is 11.6 Å². The van der Waals surface area contributed by atoms with Crippen LogP contribution in [0.4, 0.5) is 0 Å². The largest absolute Gasteiger partial charge is 0.273 e. The van der Waals surface area contributed by atoms with Crippen LogP contribution in [0.5, 0.6) is 0 Å². The molecule has 1 N–H and O–H groups in total. The molecular formula is C22H26N2O. The van der Waals surface area contributed by atoms with Gasteiger partial charge in [-0.15, -0.1) is 0 Å². The van der Waals surface area contributed by atoms with Crippen molar-refractivity contribution < 1.29 is 4.79 Å². The molecule has 3 rings (SSSR count). The molecule has 2 aromatic rings. The number of rotatable bonds is 5. The fourth-order valence-electron chi connectivity index (χ4n) is 3.46. The minimum Gasteiger partial charge on any atom is -0.273 e. The highest BCUT2D eigenvalue weighted by Gasteiger charge is 2.15. The summed E-state index contributed by atoms with van der Waals surface area (Å²) in [6.07, 6.45) is 7.03. The average Bonchev–Trinajstić information content (AvgIpc) is 2.68. The van der Waals surface area contributed by atoms with E-state index in [-0.39, 0.29) is 5.91 Å². The summed E-state index contributed by atoms with van der Waals surface area (Å²) in [5, 5.41) is 4.25. The molecule has 0 aromatic heterocycles. The van der Waals surface area contributed by atoms with Gasteiger partial charge in [-0.05, 0) is 42.4 Å². The Balaban J connectivity index is 1.57. The number of nitrogens with one attached hydrogen (secondary N) is 1. The molecule has 0 heterocycles. The Bertz CT molecular complexity index is 713. The molecule has 130 valence electrons. The van der Waals surface area contributed by atoms with Crippen LogP contribution < -0.4 is 5.43 Å². The van der Waals surface area contributed by atoms with Crippen LogP contribution in [0, 0.1) is 0 Å². The summed E-state index contributed by atoms with van der Waals surface area (Å²) in [4.78, 5) is 12.0. The summed E-state index contributed by atoms with van der Waals surface area (Å²) in [6.45, 7) is 1.93. The normalized spacial score (nSPS) is 15.8. The van der Waals surface area contributed by atoms with Crippen molar-refractivity contribution in [1.82, 2.24) is 5.43 Å². The number of hydrazone groups is 1. The maximum atomic E-state index is 12.0. The van der Waals surface area contributed by atoms with Gasteiger partial charge in [-0.1, -0.05) is 73.9 Å². The molecule has 1 fully saturated rings. The standard InChI is InChI=1S/C22H26N2O/c1-17(23-24-22(25)16-18-8-4-2-5-9-18)19-12-14-21(15-13-19)20-10-6-3-7-11-20/h2,4-5,8-9,12-15,20H,3,6-7,10-11,16H2,1H3,(H,24,25)/b23-17+. The van der Waals surface area contributed by atoms with Crippen molar-refractivity contribution in [3.63, 3.8) is 0 Å². The molecule has 1 aliphatic carbocycles. The van der Waals surface area contributed by atoms with E-state index < -0.39 is 0 Å². The average molecular weight is 334 g/mol. The minimum absolute atomic E-state index is 0.0932. The SMILES string of the molecule is C/C(=N\NC(=O)Cc1ccccc1)c1ccc(C2CCCCC2)cc1. The Labute approximate surface area is 150 Å². The topological polar surface area (TPSA) is 41.5 Å². The summed E-state index contributed by atoms with van der Waals surface area (Å²) in [7, 11) is 0. The van der Waals surface area contributed by atoms with Crippen LogP contribution in [-0.4, -0.2) is 11.6 Å². The van der Waals surface area contributed by atoms with E-state index in [2.05, 4.69) is 34.8 Å². The molecular weight excluding hydrogens is 308 g/mol. The van der Waals surface area contributed by atoms with Gasteiger partial charge in [-0.25, -0.2) is 5.43 Å². The van der Waals surface area contributed by atoms with Gasteiger partial charge >= 0.3 is 0 Å². The first-order valence-electron chi connectivity index (χ1n) is 9.20. The van der Waals surface area contributed by atoms with Gasteiger partial charge in [-0.3, -0.25) is 4.79 Å². The van der Waals surface area contributed by atoms with E-state index in [0.29, 0.717) is 12.3 Å². The van der Waals surface area contributed by atoms with Crippen molar-refractivity contribution in [3.8, 4) is 0 Å². The Morgan fingerprint density at radius 3 is 2.36 bits per heavy atom. The fraction of sp³-hybridized carbons (Fsp3) is 0.364. The molecule has 0 radical (unpaired) electrons. The predicted octanol–water partition coefficient (Wildman–Crippen LogP) is 4.82. The Morgan fingerprint density at radius 1 is 1.00 bits per heavy atom. The fourth-order valence-corrected chi connectivity index (χ4v) is 3.46. The second kappa shape index (κ2) is 8.61. The molecule has 1 amide bonds. The van der Waals surface area contributed by atoms with Crippen LogP contribution in [-0.2, 0) is 11.2 Å². The molecule has 0 atom stereocenters. The molecule has 1 aliphatic rings. The highest BCUT2D eigenvalue weighted by atomic mass is 16.2. The first kappa shape index (κ1) is 17.4. The summed E-state index contributed by atoms with van der Waals surface area (Å²) in [5.41, 5.74) is 6.97. The first-order valence-corrected chi connectivity index (χ1v) is 9.20. The quantitative estimate of drug-likeness (QED) is 0.618.